The molecule has 35 heavy (non-hydrogen) atoms. The number of sulfonamides is 1. The van der Waals surface area contributed by atoms with E-state index < -0.39 is 10.0 Å². The van der Waals surface area contributed by atoms with E-state index >= 15 is 0 Å². The van der Waals surface area contributed by atoms with E-state index in [4.69, 9.17) is 4.98 Å². The second kappa shape index (κ2) is 11.4. The molecule has 1 aliphatic carbocycles. The van der Waals surface area contributed by atoms with Crippen molar-refractivity contribution in [2.45, 2.75) is 52.2 Å². The second-order valence-corrected chi connectivity index (χ2v) is 13.1. The lowest BCUT2D eigenvalue weighted by molar-refractivity contribution is -0.00000956. The highest BCUT2D eigenvalue weighted by molar-refractivity contribution is 7.89. The van der Waals surface area contributed by atoms with Gasteiger partial charge in [0.15, 0.2) is 0 Å². The Kier molecular flexibility index (Phi) is 9.21. The summed E-state index contributed by atoms with van der Waals surface area (Å²) in [6.45, 7) is 10.6. The standard InChI is InChI=1S/C26H37N4O2S2.HI/c1-7-19-14-21(28(5)6)16-23-25(19)27-26-20(8-2)15-22(17-24(26)33-23)29-10-9-11-30(13-12-29)34(31,32)18(3)4;/h14-18H,7-13H2,1-6H3;1H/q+1;/p-1. The third-order valence-corrected chi connectivity index (χ3v) is 10.1. The summed E-state index contributed by atoms with van der Waals surface area (Å²) in [5.41, 5.74) is 5.90. The maximum atomic E-state index is 12.7. The van der Waals surface area contributed by atoms with Crippen LogP contribution < -0.4 is 38.8 Å². The lowest BCUT2D eigenvalue weighted by atomic mass is 10.1. The van der Waals surface area contributed by atoms with E-state index in [1.165, 1.54) is 31.7 Å². The van der Waals surface area contributed by atoms with Crippen molar-refractivity contribution < 1.29 is 32.4 Å². The number of nitrogens with zero attached hydrogens (tertiary/aromatic N) is 4. The van der Waals surface area contributed by atoms with Gasteiger partial charge in [0.2, 0.25) is 15.4 Å². The molecule has 0 unspecified atom stereocenters. The van der Waals surface area contributed by atoms with Crippen LogP contribution in [0.25, 0.3) is 20.8 Å². The molecule has 0 bridgehead atoms. The van der Waals surface area contributed by atoms with Gasteiger partial charge in [-0.15, -0.1) is 11.3 Å². The van der Waals surface area contributed by atoms with E-state index in [0.717, 1.165) is 37.0 Å². The van der Waals surface area contributed by atoms with Crippen LogP contribution in [0.1, 0.15) is 45.2 Å². The van der Waals surface area contributed by atoms with E-state index in [9.17, 15) is 8.42 Å². The average molecular weight is 629 g/mol. The molecule has 192 valence electrons. The summed E-state index contributed by atoms with van der Waals surface area (Å²) in [4.78, 5) is 8.73. The quantitative estimate of drug-likeness (QED) is 0.239. The lowest BCUT2D eigenvalue weighted by Gasteiger charge is -2.25. The average Bonchev–Trinajstić information content (AvgIpc) is 3.08. The predicted octanol–water partition coefficient (Wildman–Crippen LogP) is 0.812. The minimum Gasteiger partial charge on any atom is -1.00 e. The number of hydrogen-bond acceptors (Lipinski definition) is 5. The molecule has 4 rings (SSSR count). The summed E-state index contributed by atoms with van der Waals surface area (Å²) in [7, 11) is 0.933. The van der Waals surface area contributed by atoms with Gasteiger partial charge in [-0.1, -0.05) is 13.8 Å². The highest BCUT2D eigenvalue weighted by atomic mass is 127. The van der Waals surface area contributed by atoms with Crippen molar-refractivity contribution >= 4 is 37.3 Å². The summed E-state index contributed by atoms with van der Waals surface area (Å²) in [5, 5.41) is 0.820. The van der Waals surface area contributed by atoms with E-state index in [1.54, 1.807) is 18.2 Å². The number of benzene rings is 2. The van der Waals surface area contributed by atoms with Crippen LogP contribution in [0.2, 0.25) is 0 Å². The van der Waals surface area contributed by atoms with Crippen molar-refractivity contribution in [1.29, 1.82) is 0 Å². The van der Waals surface area contributed by atoms with Crippen molar-refractivity contribution in [3.05, 3.63) is 40.7 Å². The summed E-state index contributed by atoms with van der Waals surface area (Å²) < 4.78 is 30.4. The van der Waals surface area contributed by atoms with Gasteiger partial charge in [-0.3, -0.25) is 0 Å². The number of aromatic nitrogens is 1. The molecule has 9 heteroatoms. The van der Waals surface area contributed by atoms with Gasteiger partial charge in [-0.05, 0) is 56.4 Å². The Hall–Kier alpha value is -1.30. The number of hydrogen-bond donors (Lipinski definition) is 0. The molecule has 2 aliphatic heterocycles. The lowest BCUT2D eigenvalue weighted by Crippen LogP contribution is -3.00. The molecule has 0 atom stereocenters. The molecule has 0 saturated carbocycles. The molecule has 2 heterocycles. The minimum absolute atomic E-state index is 0. The Balaban J connectivity index is 0.00000342. The fourth-order valence-electron chi connectivity index (χ4n) is 4.62. The molecule has 0 radical (unpaired) electrons. The van der Waals surface area contributed by atoms with Crippen molar-refractivity contribution in [3.63, 3.8) is 0 Å². The smallest absolute Gasteiger partial charge is 0.216 e. The predicted molar refractivity (Wildman–Crippen MR) is 145 cm³/mol. The molecule has 1 aromatic carbocycles. The van der Waals surface area contributed by atoms with Gasteiger partial charge < -0.3 is 28.9 Å². The Morgan fingerprint density at radius 2 is 1.71 bits per heavy atom. The zero-order chi connectivity index (χ0) is 24.6. The first-order chi connectivity index (χ1) is 16.1. The molecule has 1 aromatic rings. The maximum Gasteiger partial charge on any atom is 0.216 e. The molecule has 1 saturated heterocycles. The number of fused-ring (bicyclic) bond motifs is 2. The molecular weight excluding hydrogens is 591 g/mol. The van der Waals surface area contributed by atoms with Crippen LogP contribution in [-0.4, -0.2) is 63.2 Å². The van der Waals surface area contributed by atoms with E-state index in [0.29, 0.717) is 19.6 Å². The van der Waals surface area contributed by atoms with Crippen LogP contribution >= 0.6 is 11.3 Å². The third kappa shape index (κ3) is 5.67. The normalized spacial score (nSPS) is 15.5. The topological polar surface area (TPSA) is 56.5 Å². The van der Waals surface area contributed by atoms with Gasteiger partial charge in [-0.25, -0.2) is 18.0 Å². The SMILES string of the molecule is CCc1cc(=[N+](C)C)cc2sc3cc(N4CCCN(S(=O)(=O)C(C)C)CC4)cc(CC)c3nc1-2.[I-]. The number of rotatable bonds is 5. The van der Waals surface area contributed by atoms with Gasteiger partial charge in [0.05, 0.1) is 26.0 Å². The first-order valence-corrected chi connectivity index (χ1v) is 14.6. The van der Waals surface area contributed by atoms with Crippen molar-refractivity contribution in [1.82, 2.24) is 13.9 Å². The molecule has 1 fully saturated rings. The van der Waals surface area contributed by atoms with Crippen LogP contribution in [0.3, 0.4) is 0 Å². The van der Waals surface area contributed by atoms with Gasteiger partial charge in [0, 0.05) is 44.0 Å². The molecule has 0 amide bonds. The van der Waals surface area contributed by atoms with E-state index in [1.807, 2.05) is 11.3 Å². The van der Waals surface area contributed by atoms with Crippen LogP contribution in [0.15, 0.2) is 24.3 Å². The van der Waals surface area contributed by atoms with Crippen LogP contribution in [-0.2, 0) is 22.9 Å². The van der Waals surface area contributed by atoms with Crippen LogP contribution in [0.5, 0.6) is 0 Å². The zero-order valence-electron chi connectivity index (χ0n) is 21.6. The summed E-state index contributed by atoms with van der Waals surface area (Å²) in [6.07, 6.45) is 2.69. The minimum atomic E-state index is -3.22. The van der Waals surface area contributed by atoms with E-state index in [2.05, 4.69) is 61.7 Å². The molecular formula is C26H37IN4O2S2. The zero-order valence-corrected chi connectivity index (χ0v) is 25.4. The number of halogens is 1. The Morgan fingerprint density at radius 3 is 2.34 bits per heavy atom. The van der Waals surface area contributed by atoms with Crippen molar-refractivity contribution in [2.24, 2.45) is 0 Å². The first-order valence-electron chi connectivity index (χ1n) is 12.3. The Bertz CT molecular complexity index is 1350. The highest BCUT2D eigenvalue weighted by Gasteiger charge is 2.28. The number of anilines is 1. The summed E-state index contributed by atoms with van der Waals surface area (Å²) in [5.74, 6) is 0. The highest BCUT2D eigenvalue weighted by Crippen LogP contribution is 2.36. The fraction of sp³-hybridized carbons (Fsp3) is 0.538. The fourth-order valence-corrected chi connectivity index (χ4v) is 7.08. The summed E-state index contributed by atoms with van der Waals surface area (Å²) >= 11 is 1.81. The third-order valence-electron chi connectivity index (χ3n) is 6.77. The molecule has 6 nitrogen and oxygen atoms in total. The Labute approximate surface area is 231 Å². The number of aryl methyl sites for hydroxylation is 2. The van der Waals surface area contributed by atoms with E-state index in [-0.39, 0.29) is 29.2 Å². The first kappa shape index (κ1) is 28.3. The van der Waals surface area contributed by atoms with Crippen LogP contribution in [0.4, 0.5) is 5.69 Å². The van der Waals surface area contributed by atoms with Crippen molar-refractivity contribution in [2.75, 3.05) is 45.2 Å². The monoisotopic (exact) mass is 628 g/mol. The largest absolute Gasteiger partial charge is 1.00 e. The maximum absolute atomic E-state index is 12.7. The molecule has 3 aliphatic rings. The van der Waals surface area contributed by atoms with Gasteiger partial charge in [0.25, 0.3) is 0 Å². The molecule has 0 spiro atoms. The summed E-state index contributed by atoms with van der Waals surface area (Å²) in [6, 6.07) is 9.01. The van der Waals surface area contributed by atoms with Gasteiger partial charge in [0.1, 0.15) is 14.1 Å². The van der Waals surface area contributed by atoms with Gasteiger partial charge in [-0.2, -0.15) is 4.31 Å². The molecule has 0 N–H and O–H groups in total. The van der Waals surface area contributed by atoms with Crippen molar-refractivity contribution in [3.8, 4) is 10.6 Å². The van der Waals surface area contributed by atoms with Crippen LogP contribution in [0, 0.1) is 0 Å². The Morgan fingerprint density at radius 1 is 1.00 bits per heavy atom. The molecule has 0 aromatic heterocycles. The van der Waals surface area contributed by atoms with Gasteiger partial charge >= 0.3 is 0 Å². The second-order valence-electron chi connectivity index (χ2n) is 9.55.